The lowest BCUT2D eigenvalue weighted by molar-refractivity contribution is 0.202. The average molecular weight is 512 g/mol. The number of aromatic amines is 2. The van der Waals surface area contributed by atoms with Crippen LogP contribution in [-0.4, -0.2) is 37.9 Å². The highest BCUT2D eigenvalue weighted by atomic mass is 16.1. The minimum Gasteiger partial charge on any atom is -0.342 e. The predicted molar refractivity (Wildman–Crippen MR) is 157 cm³/mol. The third-order valence-corrected chi connectivity index (χ3v) is 7.85. The van der Waals surface area contributed by atoms with E-state index in [1.807, 2.05) is 36.4 Å². The monoisotopic (exact) mass is 511 g/mol. The maximum atomic E-state index is 12.5. The Balaban J connectivity index is 1.10. The van der Waals surface area contributed by atoms with Crippen LogP contribution in [0.3, 0.4) is 0 Å². The van der Waals surface area contributed by atoms with Crippen LogP contribution in [0.5, 0.6) is 0 Å². The van der Waals surface area contributed by atoms with Crippen molar-refractivity contribution in [2.45, 2.75) is 25.3 Å². The van der Waals surface area contributed by atoms with Gasteiger partial charge >= 0.3 is 0 Å². The molecule has 4 heterocycles. The van der Waals surface area contributed by atoms with E-state index in [1.165, 1.54) is 5.56 Å². The molecule has 1 aliphatic rings. The first-order valence-electron chi connectivity index (χ1n) is 13.6. The zero-order valence-electron chi connectivity index (χ0n) is 21.6. The number of benzene rings is 3. The lowest BCUT2D eigenvalue weighted by atomic mass is 9.95. The van der Waals surface area contributed by atoms with Crippen LogP contribution in [0.4, 0.5) is 0 Å². The second-order valence-electron chi connectivity index (χ2n) is 10.4. The van der Waals surface area contributed by atoms with Crippen molar-refractivity contribution in [3.63, 3.8) is 0 Å². The quantitative estimate of drug-likeness (QED) is 0.276. The van der Waals surface area contributed by atoms with Crippen molar-refractivity contribution in [1.82, 2.24) is 24.8 Å². The van der Waals surface area contributed by atoms with Crippen molar-refractivity contribution in [2.24, 2.45) is 0 Å². The van der Waals surface area contributed by atoms with Crippen LogP contribution in [0.25, 0.3) is 44.3 Å². The number of hydrogen-bond donors (Lipinski definition) is 2. The molecule has 39 heavy (non-hydrogen) atoms. The van der Waals surface area contributed by atoms with Crippen LogP contribution in [0.1, 0.15) is 30.1 Å². The molecule has 3 aromatic heterocycles. The molecule has 6 aromatic rings. The van der Waals surface area contributed by atoms with Crippen LogP contribution in [0.2, 0.25) is 0 Å². The van der Waals surface area contributed by atoms with Gasteiger partial charge in [-0.1, -0.05) is 66.7 Å². The summed E-state index contributed by atoms with van der Waals surface area (Å²) in [6.07, 6.45) is 3.88. The Morgan fingerprint density at radius 1 is 0.795 bits per heavy atom. The van der Waals surface area contributed by atoms with Crippen LogP contribution in [-0.2, 0) is 6.54 Å². The number of H-pyrrole nitrogens is 2. The summed E-state index contributed by atoms with van der Waals surface area (Å²) >= 11 is 0. The van der Waals surface area contributed by atoms with Crippen molar-refractivity contribution in [2.75, 3.05) is 13.1 Å². The summed E-state index contributed by atoms with van der Waals surface area (Å²) in [4.78, 5) is 31.1. The molecule has 0 amide bonds. The Hall–Kier alpha value is -4.55. The zero-order valence-corrected chi connectivity index (χ0v) is 21.6. The third kappa shape index (κ3) is 4.64. The third-order valence-electron chi connectivity index (χ3n) is 7.85. The fraction of sp³-hybridized carbons (Fsp3) is 0.182. The van der Waals surface area contributed by atoms with Gasteiger partial charge in [-0.25, -0.2) is 9.97 Å². The summed E-state index contributed by atoms with van der Waals surface area (Å²) in [5.74, 6) is 1.61. The maximum absolute atomic E-state index is 12.5. The van der Waals surface area contributed by atoms with E-state index in [9.17, 15) is 4.79 Å². The van der Waals surface area contributed by atoms with E-state index in [0.717, 1.165) is 71.7 Å². The lowest BCUT2D eigenvalue weighted by Gasteiger charge is -2.31. The molecule has 0 atom stereocenters. The summed E-state index contributed by atoms with van der Waals surface area (Å²) in [7, 11) is 0. The Morgan fingerprint density at radius 2 is 1.56 bits per heavy atom. The summed E-state index contributed by atoms with van der Waals surface area (Å²) in [5, 5.41) is 0.600. The molecule has 0 aliphatic carbocycles. The van der Waals surface area contributed by atoms with E-state index < -0.39 is 0 Å². The highest BCUT2D eigenvalue weighted by Gasteiger charge is 2.23. The van der Waals surface area contributed by atoms with E-state index in [0.29, 0.717) is 16.8 Å². The molecule has 192 valence electrons. The number of piperidine rings is 1. The molecule has 6 nitrogen and oxygen atoms in total. The van der Waals surface area contributed by atoms with Crippen molar-refractivity contribution in [3.8, 4) is 22.4 Å². The van der Waals surface area contributed by atoms with E-state index in [4.69, 9.17) is 9.97 Å². The van der Waals surface area contributed by atoms with Crippen LogP contribution < -0.4 is 5.56 Å². The van der Waals surface area contributed by atoms with Crippen LogP contribution in [0.15, 0.2) is 102 Å². The minimum atomic E-state index is -0.122. The maximum Gasteiger partial charge on any atom is 0.257 e. The molecule has 0 bridgehead atoms. The number of hydrogen-bond acceptors (Lipinski definition) is 4. The molecule has 7 rings (SSSR count). The van der Waals surface area contributed by atoms with Gasteiger partial charge in [0.2, 0.25) is 0 Å². The molecule has 0 saturated carbocycles. The SMILES string of the molecule is O=c1[nH]ccc2nc(-c3ccc(CN4CCC(c5nc6ccccc6[nH]5)CC4)cc3)c(-c3ccccc3)cc12. The molecule has 0 radical (unpaired) electrons. The van der Waals surface area contributed by atoms with Crippen LogP contribution >= 0.6 is 0 Å². The molecule has 0 unspecified atom stereocenters. The first-order valence-corrected chi connectivity index (χ1v) is 13.6. The molecule has 6 heteroatoms. The molecule has 1 saturated heterocycles. The predicted octanol–water partition coefficient (Wildman–Crippen LogP) is 6.51. The van der Waals surface area contributed by atoms with Gasteiger partial charge in [0, 0.05) is 29.8 Å². The number of fused-ring (bicyclic) bond motifs is 2. The van der Waals surface area contributed by atoms with Gasteiger partial charge in [0.25, 0.3) is 5.56 Å². The first-order chi connectivity index (χ1) is 19.2. The topological polar surface area (TPSA) is 77.7 Å². The number of para-hydroxylation sites is 2. The van der Waals surface area contributed by atoms with E-state index in [2.05, 4.69) is 69.5 Å². The zero-order chi connectivity index (χ0) is 26.2. The molecule has 0 spiro atoms. The van der Waals surface area contributed by atoms with Gasteiger partial charge in [-0.05, 0) is 61.3 Å². The minimum absolute atomic E-state index is 0.122. The van der Waals surface area contributed by atoms with Gasteiger partial charge < -0.3 is 9.97 Å². The van der Waals surface area contributed by atoms with E-state index >= 15 is 0 Å². The van der Waals surface area contributed by atoms with Crippen molar-refractivity contribution < 1.29 is 0 Å². The highest BCUT2D eigenvalue weighted by molar-refractivity contribution is 5.91. The van der Waals surface area contributed by atoms with E-state index in [-0.39, 0.29) is 5.56 Å². The van der Waals surface area contributed by atoms with Gasteiger partial charge in [0.05, 0.1) is 27.6 Å². The summed E-state index contributed by atoms with van der Waals surface area (Å²) in [6.45, 7) is 3.05. The number of imidazole rings is 1. The standard InChI is InChI=1S/C33H29N5O/c39-33-27-20-26(23-6-2-1-3-7-23)31(35-28(27)14-17-34-33)24-12-10-22(11-13-24)21-38-18-15-25(16-19-38)32-36-29-8-4-5-9-30(29)37-32/h1-14,17,20,25H,15-16,18-19,21H2,(H,34,39)(H,36,37). The fourth-order valence-corrected chi connectivity index (χ4v) is 5.72. The number of likely N-dealkylation sites (tertiary alicyclic amines) is 1. The lowest BCUT2D eigenvalue weighted by Crippen LogP contribution is -2.32. The van der Waals surface area contributed by atoms with Crippen LogP contribution in [0, 0.1) is 0 Å². The first kappa shape index (κ1) is 23.6. The Bertz CT molecular complexity index is 1780. The molecular formula is C33H29N5O. The van der Waals surface area contributed by atoms with Gasteiger partial charge in [0.15, 0.2) is 0 Å². The number of rotatable bonds is 5. The summed E-state index contributed by atoms with van der Waals surface area (Å²) in [6, 6.07) is 31.0. The van der Waals surface area contributed by atoms with Crippen molar-refractivity contribution in [3.05, 3.63) is 119 Å². The molecular weight excluding hydrogens is 482 g/mol. The van der Waals surface area contributed by atoms with E-state index in [1.54, 1.807) is 6.20 Å². The Labute approximate surface area is 226 Å². The average Bonchev–Trinajstić information content (AvgIpc) is 3.43. The normalized spacial score (nSPS) is 14.8. The van der Waals surface area contributed by atoms with Gasteiger partial charge in [-0.2, -0.15) is 0 Å². The number of pyridine rings is 2. The van der Waals surface area contributed by atoms with Gasteiger partial charge in [-0.15, -0.1) is 0 Å². The summed E-state index contributed by atoms with van der Waals surface area (Å²) < 4.78 is 0. The Kier molecular flexibility index (Phi) is 6.02. The van der Waals surface area contributed by atoms with Gasteiger partial charge in [-0.3, -0.25) is 9.69 Å². The fourth-order valence-electron chi connectivity index (χ4n) is 5.72. The second kappa shape index (κ2) is 9.97. The summed E-state index contributed by atoms with van der Waals surface area (Å²) in [5.41, 5.74) is 7.98. The second-order valence-corrected chi connectivity index (χ2v) is 10.4. The number of nitrogens with zero attached hydrogens (tertiary/aromatic N) is 3. The Morgan fingerprint density at radius 3 is 2.36 bits per heavy atom. The molecule has 1 aliphatic heterocycles. The molecule has 1 fully saturated rings. The van der Waals surface area contributed by atoms with Crippen molar-refractivity contribution >= 4 is 21.9 Å². The number of nitrogens with one attached hydrogen (secondary N) is 2. The van der Waals surface area contributed by atoms with Crippen molar-refractivity contribution in [1.29, 1.82) is 0 Å². The molecule has 2 N–H and O–H groups in total. The van der Waals surface area contributed by atoms with Gasteiger partial charge in [0.1, 0.15) is 5.82 Å². The highest BCUT2D eigenvalue weighted by Crippen LogP contribution is 2.33. The largest absolute Gasteiger partial charge is 0.342 e. The smallest absolute Gasteiger partial charge is 0.257 e. The molecule has 3 aromatic carbocycles. The number of aromatic nitrogens is 4.